The van der Waals surface area contributed by atoms with Gasteiger partial charge in [-0.15, -0.1) is 0 Å². The van der Waals surface area contributed by atoms with Gasteiger partial charge in [0.15, 0.2) is 0 Å². The van der Waals surface area contributed by atoms with E-state index < -0.39 is 17.7 Å². The van der Waals surface area contributed by atoms with Crippen molar-refractivity contribution in [2.24, 2.45) is 5.10 Å². The maximum absolute atomic E-state index is 13.5. The number of ether oxygens (including phenoxy) is 2. The van der Waals surface area contributed by atoms with Gasteiger partial charge in [0.05, 0.1) is 31.0 Å². The summed E-state index contributed by atoms with van der Waals surface area (Å²) in [6.45, 7) is 5.94. The molecule has 10 nitrogen and oxygen atoms in total. The number of H-pyrrole nitrogens is 1. The van der Waals surface area contributed by atoms with Gasteiger partial charge < -0.3 is 19.8 Å². The third kappa shape index (κ3) is 5.34. The molecule has 0 radical (unpaired) electrons. The average Bonchev–Trinajstić information content (AvgIpc) is 3.42. The zero-order valence-corrected chi connectivity index (χ0v) is 20.9. The summed E-state index contributed by atoms with van der Waals surface area (Å²) in [5.41, 5.74) is 5.03. The second-order valence-corrected chi connectivity index (χ2v) is 10.2. The number of amides is 3. The SMILES string of the molecule is CC(C)(C)OC(=O)N1C[C@H](OCc2ccccc2)C[C@@H]1C(=O)Nc1cc2c3c(c[nH]c3c1)C=NNC2=O. The van der Waals surface area contributed by atoms with E-state index in [9.17, 15) is 14.4 Å². The molecule has 3 heterocycles. The zero-order chi connectivity index (χ0) is 26.2. The minimum atomic E-state index is -0.804. The molecule has 3 N–H and O–H groups in total. The number of likely N-dealkylation sites (tertiary alicyclic amines) is 1. The molecule has 192 valence electrons. The number of anilines is 1. The number of carbonyl (C=O) groups is 3. The molecular formula is C27H29N5O5. The molecule has 0 unspecified atom stereocenters. The molecule has 2 atom stereocenters. The molecule has 0 bridgehead atoms. The Labute approximate surface area is 214 Å². The summed E-state index contributed by atoms with van der Waals surface area (Å²) in [4.78, 5) is 43.6. The molecule has 0 aliphatic carbocycles. The molecule has 2 aromatic carbocycles. The Balaban J connectivity index is 1.36. The van der Waals surface area contributed by atoms with Crippen LogP contribution in [0.1, 0.15) is 48.7 Å². The highest BCUT2D eigenvalue weighted by molar-refractivity contribution is 6.15. The van der Waals surface area contributed by atoms with Crippen molar-refractivity contribution in [3.63, 3.8) is 0 Å². The summed E-state index contributed by atoms with van der Waals surface area (Å²) in [5, 5.41) is 7.53. The van der Waals surface area contributed by atoms with Crippen LogP contribution in [0.25, 0.3) is 10.9 Å². The lowest BCUT2D eigenvalue weighted by molar-refractivity contribution is -0.120. The number of hydrazone groups is 1. The van der Waals surface area contributed by atoms with Gasteiger partial charge in [-0.05, 0) is 38.5 Å². The number of aromatic nitrogens is 1. The van der Waals surface area contributed by atoms with E-state index in [1.54, 1.807) is 45.3 Å². The van der Waals surface area contributed by atoms with Crippen molar-refractivity contribution in [1.29, 1.82) is 0 Å². The Morgan fingerprint density at radius 1 is 1.19 bits per heavy atom. The second kappa shape index (κ2) is 9.70. The highest BCUT2D eigenvalue weighted by atomic mass is 16.6. The van der Waals surface area contributed by atoms with Crippen LogP contribution in [0, 0.1) is 0 Å². The predicted molar refractivity (Wildman–Crippen MR) is 138 cm³/mol. The second-order valence-electron chi connectivity index (χ2n) is 10.2. The Hall–Kier alpha value is -4.18. The van der Waals surface area contributed by atoms with Crippen molar-refractivity contribution < 1.29 is 23.9 Å². The molecular weight excluding hydrogens is 474 g/mol. The molecule has 3 aromatic rings. The van der Waals surface area contributed by atoms with E-state index in [1.165, 1.54) is 4.90 Å². The van der Waals surface area contributed by atoms with E-state index in [2.05, 4.69) is 20.8 Å². The molecule has 0 spiro atoms. The quantitative estimate of drug-likeness (QED) is 0.489. The molecule has 0 saturated carbocycles. The van der Waals surface area contributed by atoms with Gasteiger partial charge in [-0.3, -0.25) is 14.5 Å². The number of benzene rings is 2. The standard InChI is InChI=1S/C27H29N5O5/c1-27(2,3)37-26(35)32-14-19(36-15-16-7-5-4-6-8-16)11-22(32)25(34)30-18-9-20-23-17(12-28-21(23)10-18)13-29-31-24(20)33/h4-10,12-13,19,22,28H,11,14-15H2,1-3H3,(H,30,34)(H,31,33)/t19-,22-/m1/s1. The fourth-order valence-corrected chi connectivity index (χ4v) is 4.57. The topological polar surface area (TPSA) is 125 Å². The molecule has 1 saturated heterocycles. The fraction of sp³-hybridized carbons (Fsp3) is 0.333. The molecule has 3 amide bonds. The monoisotopic (exact) mass is 503 g/mol. The van der Waals surface area contributed by atoms with Gasteiger partial charge in [0.1, 0.15) is 11.6 Å². The first-order chi connectivity index (χ1) is 17.7. The number of nitrogens with zero attached hydrogens (tertiary/aromatic N) is 2. The molecule has 2 aliphatic rings. The number of hydrogen-bond acceptors (Lipinski definition) is 6. The first kappa shape index (κ1) is 24.5. The van der Waals surface area contributed by atoms with Gasteiger partial charge in [-0.2, -0.15) is 5.10 Å². The minimum Gasteiger partial charge on any atom is -0.444 e. The summed E-state index contributed by atoms with van der Waals surface area (Å²) < 4.78 is 11.6. The van der Waals surface area contributed by atoms with Crippen molar-refractivity contribution in [3.05, 3.63) is 65.4 Å². The molecule has 1 aromatic heterocycles. The summed E-state index contributed by atoms with van der Waals surface area (Å²) in [6.07, 6.45) is 2.71. The lowest BCUT2D eigenvalue weighted by atomic mass is 10.0. The highest BCUT2D eigenvalue weighted by Crippen LogP contribution is 2.29. The number of aromatic amines is 1. The number of nitrogens with one attached hydrogen (secondary N) is 3. The van der Waals surface area contributed by atoms with Crippen molar-refractivity contribution in [1.82, 2.24) is 15.3 Å². The van der Waals surface area contributed by atoms with Crippen LogP contribution in [-0.4, -0.2) is 58.3 Å². The van der Waals surface area contributed by atoms with E-state index in [0.29, 0.717) is 29.8 Å². The fourth-order valence-electron chi connectivity index (χ4n) is 4.57. The maximum atomic E-state index is 13.5. The molecule has 10 heteroatoms. The highest BCUT2D eigenvalue weighted by Gasteiger charge is 2.42. The zero-order valence-electron chi connectivity index (χ0n) is 20.9. The third-order valence-electron chi connectivity index (χ3n) is 6.21. The van der Waals surface area contributed by atoms with E-state index in [0.717, 1.165) is 16.5 Å². The molecule has 5 rings (SSSR count). The van der Waals surface area contributed by atoms with Crippen molar-refractivity contribution in [2.45, 2.75) is 51.5 Å². The Bertz CT molecular complexity index is 1380. The number of hydrogen-bond donors (Lipinski definition) is 3. The van der Waals surface area contributed by atoms with Gasteiger partial charge >= 0.3 is 6.09 Å². The van der Waals surface area contributed by atoms with E-state index in [1.807, 2.05) is 30.3 Å². The van der Waals surface area contributed by atoms with Crippen LogP contribution in [0.4, 0.5) is 10.5 Å². The molecule has 37 heavy (non-hydrogen) atoms. The predicted octanol–water partition coefficient (Wildman–Crippen LogP) is 3.78. The van der Waals surface area contributed by atoms with Crippen LogP contribution >= 0.6 is 0 Å². The summed E-state index contributed by atoms with van der Waals surface area (Å²) in [7, 11) is 0. The average molecular weight is 504 g/mol. The summed E-state index contributed by atoms with van der Waals surface area (Å²) >= 11 is 0. The largest absolute Gasteiger partial charge is 0.444 e. The van der Waals surface area contributed by atoms with Crippen LogP contribution < -0.4 is 10.7 Å². The van der Waals surface area contributed by atoms with Gasteiger partial charge in [0.25, 0.3) is 5.91 Å². The van der Waals surface area contributed by atoms with Crippen molar-refractivity contribution >= 4 is 40.7 Å². The lowest BCUT2D eigenvalue weighted by Gasteiger charge is -2.28. The van der Waals surface area contributed by atoms with Crippen LogP contribution in [0.3, 0.4) is 0 Å². The van der Waals surface area contributed by atoms with Gasteiger partial charge in [0.2, 0.25) is 5.91 Å². The van der Waals surface area contributed by atoms with Crippen molar-refractivity contribution in [2.75, 3.05) is 11.9 Å². The van der Waals surface area contributed by atoms with Gasteiger partial charge in [-0.25, -0.2) is 10.2 Å². The molecule has 1 fully saturated rings. The first-order valence-electron chi connectivity index (χ1n) is 12.1. The number of carbonyl (C=O) groups excluding carboxylic acids is 3. The third-order valence-corrected chi connectivity index (χ3v) is 6.21. The van der Waals surface area contributed by atoms with E-state index in [-0.39, 0.29) is 24.5 Å². The Morgan fingerprint density at radius 3 is 2.73 bits per heavy atom. The van der Waals surface area contributed by atoms with Gasteiger partial charge in [0, 0.05) is 34.8 Å². The minimum absolute atomic E-state index is 0.226. The van der Waals surface area contributed by atoms with E-state index in [4.69, 9.17) is 9.47 Å². The number of rotatable bonds is 5. The normalized spacial score (nSPS) is 19.0. The van der Waals surface area contributed by atoms with Gasteiger partial charge in [-0.1, -0.05) is 30.3 Å². The summed E-state index contributed by atoms with van der Waals surface area (Å²) in [5.74, 6) is -0.762. The van der Waals surface area contributed by atoms with Crippen LogP contribution in [0.2, 0.25) is 0 Å². The Kier molecular flexibility index (Phi) is 6.43. The van der Waals surface area contributed by atoms with Crippen LogP contribution in [-0.2, 0) is 20.9 Å². The van der Waals surface area contributed by atoms with Crippen LogP contribution in [0.5, 0.6) is 0 Å². The summed E-state index contributed by atoms with van der Waals surface area (Å²) in [6, 6.07) is 12.3. The van der Waals surface area contributed by atoms with Crippen LogP contribution in [0.15, 0.2) is 53.8 Å². The first-order valence-corrected chi connectivity index (χ1v) is 12.1. The lowest BCUT2D eigenvalue weighted by Crippen LogP contribution is -2.45. The smallest absolute Gasteiger partial charge is 0.411 e. The maximum Gasteiger partial charge on any atom is 0.411 e. The Morgan fingerprint density at radius 2 is 1.97 bits per heavy atom. The van der Waals surface area contributed by atoms with Crippen molar-refractivity contribution in [3.8, 4) is 0 Å². The van der Waals surface area contributed by atoms with E-state index >= 15 is 0 Å². The molecule has 2 aliphatic heterocycles.